The molecule has 1 saturated heterocycles. The van der Waals surface area contributed by atoms with Crippen molar-refractivity contribution in [3.05, 3.63) is 44.3 Å². The molecule has 1 unspecified atom stereocenters. The number of amides is 1. The van der Waals surface area contributed by atoms with E-state index in [9.17, 15) is 24.8 Å². The van der Waals surface area contributed by atoms with Crippen molar-refractivity contribution in [2.75, 3.05) is 18.0 Å². The molecular formula is C12H11N5O5. The van der Waals surface area contributed by atoms with Gasteiger partial charge in [-0.05, 0) is 17.5 Å². The fourth-order valence-electron chi connectivity index (χ4n) is 2.41. The first kappa shape index (κ1) is 15.3. The number of aromatic carboxylic acids is 1. The van der Waals surface area contributed by atoms with E-state index >= 15 is 0 Å². The molecular weight excluding hydrogens is 294 g/mol. The highest BCUT2D eigenvalue weighted by atomic mass is 16.6. The number of nitro groups is 1. The molecule has 0 saturated carbocycles. The highest BCUT2D eigenvalue weighted by molar-refractivity contribution is 6.05. The summed E-state index contributed by atoms with van der Waals surface area (Å²) in [5.74, 6) is -2.09. The number of hydrogen-bond acceptors (Lipinski definition) is 5. The van der Waals surface area contributed by atoms with Gasteiger partial charge in [-0.2, -0.15) is 0 Å². The molecule has 0 radical (unpaired) electrons. The second-order valence-electron chi connectivity index (χ2n) is 4.72. The summed E-state index contributed by atoms with van der Waals surface area (Å²) >= 11 is 0. The van der Waals surface area contributed by atoms with Crippen LogP contribution in [0.1, 0.15) is 16.8 Å². The fraction of sp³-hybridized carbons (Fsp3) is 0.333. The minimum atomic E-state index is -1.36. The molecule has 1 aliphatic rings. The van der Waals surface area contributed by atoms with Gasteiger partial charge in [0.05, 0.1) is 10.5 Å². The lowest BCUT2D eigenvalue weighted by Gasteiger charge is -2.18. The number of anilines is 1. The lowest BCUT2D eigenvalue weighted by molar-refractivity contribution is -0.384. The van der Waals surface area contributed by atoms with Crippen LogP contribution < -0.4 is 4.90 Å². The molecule has 22 heavy (non-hydrogen) atoms. The standard InChI is InChI=1S/C12H11N5O5/c13-15-14-5-7-4-10(18)16(6-7)11-8(12(19)20)2-1-3-9(11)17(21)22/h1-3,7H,4-6H2,(H,19,20). The third-order valence-corrected chi connectivity index (χ3v) is 3.32. The van der Waals surface area contributed by atoms with Crippen LogP contribution in [0.15, 0.2) is 23.3 Å². The van der Waals surface area contributed by atoms with Gasteiger partial charge < -0.3 is 10.0 Å². The summed E-state index contributed by atoms with van der Waals surface area (Å²) in [6, 6.07) is 3.61. The molecule has 1 fully saturated rings. The van der Waals surface area contributed by atoms with Gasteiger partial charge in [-0.25, -0.2) is 4.79 Å². The average Bonchev–Trinajstić information content (AvgIpc) is 2.84. The van der Waals surface area contributed by atoms with Crippen LogP contribution in [0.5, 0.6) is 0 Å². The van der Waals surface area contributed by atoms with Crippen molar-refractivity contribution < 1.29 is 19.6 Å². The van der Waals surface area contributed by atoms with Gasteiger partial charge in [-0.3, -0.25) is 14.9 Å². The van der Waals surface area contributed by atoms with Crippen molar-refractivity contribution >= 4 is 23.3 Å². The number of para-hydroxylation sites is 1. The Morgan fingerprint density at radius 1 is 1.59 bits per heavy atom. The molecule has 0 bridgehead atoms. The number of hydrogen-bond donors (Lipinski definition) is 1. The van der Waals surface area contributed by atoms with Gasteiger partial charge in [0.1, 0.15) is 5.69 Å². The van der Waals surface area contributed by atoms with E-state index in [1.165, 1.54) is 12.1 Å². The molecule has 1 aliphatic heterocycles. The summed E-state index contributed by atoms with van der Waals surface area (Å²) in [7, 11) is 0. The molecule has 114 valence electrons. The maximum atomic E-state index is 12.1. The van der Waals surface area contributed by atoms with Crippen LogP contribution in [0.3, 0.4) is 0 Å². The number of nitro benzene ring substituents is 1. The Bertz CT molecular complexity index is 665. The van der Waals surface area contributed by atoms with Crippen LogP contribution in [-0.4, -0.2) is 35.0 Å². The van der Waals surface area contributed by atoms with E-state index in [1.54, 1.807) is 0 Å². The minimum Gasteiger partial charge on any atom is -0.478 e. The van der Waals surface area contributed by atoms with Crippen LogP contribution in [0.2, 0.25) is 0 Å². The third kappa shape index (κ3) is 2.81. The van der Waals surface area contributed by atoms with Gasteiger partial charge in [0, 0.05) is 30.5 Å². The lowest BCUT2D eigenvalue weighted by Crippen LogP contribution is -2.27. The van der Waals surface area contributed by atoms with Gasteiger partial charge >= 0.3 is 5.97 Å². The lowest BCUT2D eigenvalue weighted by atomic mass is 10.1. The molecule has 1 heterocycles. The first-order chi connectivity index (χ1) is 10.5. The zero-order valence-corrected chi connectivity index (χ0v) is 11.2. The van der Waals surface area contributed by atoms with Crippen molar-refractivity contribution in [3.8, 4) is 0 Å². The van der Waals surface area contributed by atoms with Crippen LogP contribution in [0, 0.1) is 16.0 Å². The van der Waals surface area contributed by atoms with E-state index < -0.39 is 22.5 Å². The van der Waals surface area contributed by atoms with Crippen molar-refractivity contribution in [3.63, 3.8) is 0 Å². The molecule has 10 heteroatoms. The van der Waals surface area contributed by atoms with Crippen molar-refractivity contribution in [2.24, 2.45) is 11.0 Å². The van der Waals surface area contributed by atoms with Crippen LogP contribution in [-0.2, 0) is 4.79 Å². The van der Waals surface area contributed by atoms with Gasteiger partial charge in [0.2, 0.25) is 5.91 Å². The summed E-state index contributed by atoms with van der Waals surface area (Å²) in [6.07, 6.45) is 0.0458. The average molecular weight is 305 g/mol. The normalized spacial score (nSPS) is 17.2. The van der Waals surface area contributed by atoms with E-state index in [0.29, 0.717) is 0 Å². The molecule has 1 amide bonds. The van der Waals surface area contributed by atoms with E-state index in [0.717, 1.165) is 11.0 Å². The van der Waals surface area contributed by atoms with E-state index in [-0.39, 0.29) is 36.7 Å². The number of carbonyl (C=O) groups excluding carboxylic acids is 1. The summed E-state index contributed by atoms with van der Waals surface area (Å²) in [4.78, 5) is 37.4. The van der Waals surface area contributed by atoms with Crippen LogP contribution in [0.4, 0.5) is 11.4 Å². The Morgan fingerprint density at radius 3 is 2.91 bits per heavy atom. The highest BCUT2D eigenvalue weighted by Gasteiger charge is 2.36. The largest absolute Gasteiger partial charge is 0.478 e. The minimum absolute atomic E-state index is 0.0458. The predicted octanol–water partition coefficient (Wildman–Crippen LogP) is 1.96. The van der Waals surface area contributed by atoms with Gasteiger partial charge in [-0.1, -0.05) is 11.2 Å². The van der Waals surface area contributed by atoms with E-state index in [4.69, 9.17) is 5.53 Å². The smallest absolute Gasteiger partial charge is 0.338 e. The SMILES string of the molecule is [N-]=[N+]=NCC1CC(=O)N(c2c(C(=O)O)cccc2[N+](=O)[O-])C1. The predicted molar refractivity (Wildman–Crippen MR) is 74.5 cm³/mol. The molecule has 1 N–H and O–H groups in total. The zero-order valence-electron chi connectivity index (χ0n) is 11.2. The maximum Gasteiger partial charge on any atom is 0.338 e. The first-order valence-electron chi connectivity index (χ1n) is 6.27. The Balaban J connectivity index is 2.47. The summed E-state index contributed by atoms with van der Waals surface area (Å²) in [5.41, 5.74) is 7.31. The molecule has 0 aliphatic carbocycles. The Hall–Kier alpha value is -3.13. The number of azide groups is 1. The molecule has 1 atom stereocenters. The topological polar surface area (TPSA) is 150 Å². The van der Waals surface area contributed by atoms with Crippen molar-refractivity contribution in [1.82, 2.24) is 0 Å². The second-order valence-corrected chi connectivity index (χ2v) is 4.72. The quantitative estimate of drug-likeness (QED) is 0.290. The number of nitrogens with zero attached hydrogens (tertiary/aromatic N) is 5. The highest BCUT2D eigenvalue weighted by Crippen LogP contribution is 2.36. The number of rotatable bonds is 5. The number of carbonyl (C=O) groups is 2. The Labute approximate surface area is 123 Å². The maximum absolute atomic E-state index is 12.1. The van der Waals surface area contributed by atoms with Crippen molar-refractivity contribution in [1.29, 1.82) is 0 Å². The Kier molecular flexibility index (Phi) is 4.23. The van der Waals surface area contributed by atoms with Crippen LogP contribution >= 0.6 is 0 Å². The summed E-state index contributed by atoms with van der Waals surface area (Å²) in [6.45, 7) is 0.144. The Morgan fingerprint density at radius 2 is 2.32 bits per heavy atom. The molecule has 2 rings (SSSR count). The zero-order chi connectivity index (χ0) is 16.3. The monoisotopic (exact) mass is 305 g/mol. The number of carboxylic acids is 1. The van der Waals surface area contributed by atoms with Gasteiger partial charge in [0.25, 0.3) is 5.69 Å². The third-order valence-electron chi connectivity index (χ3n) is 3.32. The van der Waals surface area contributed by atoms with E-state index in [2.05, 4.69) is 10.0 Å². The molecule has 0 aromatic heterocycles. The molecule has 10 nitrogen and oxygen atoms in total. The van der Waals surface area contributed by atoms with Crippen molar-refractivity contribution in [2.45, 2.75) is 6.42 Å². The molecule has 1 aromatic rings. The fourth-order valence-corrected chi connectivity index (χ4v) is 2.41. The van der Waals surface area contributed by atoms with Gasteiger partial charge in [-0.15, -0.1) is 0 Å². The summed E-state index contributed by atoms with van der Waals surface area (Å²) < 4.78 is 0. The van der Waals surface area contributed by atoms with Gasteiger partial charge in [0.15, 0.2) is 0 Å². The van der Waals surface area contributed by atoms with E-state index in [1.807, 2.05) is 0 Å². The second kappa shape index (κ2) is 6.10. The molecule has 0 spiro atoms. The van der Waals surface area contributed by atoms with Crippen LogP contribution in [0.25, 0.3) is 10.4 Å². The first-order valence-corrected chi connectivity index (χ1v) is 6.27. The number of benzene rings is 1. The number of carboxylic acid groups (broad SMARTS) is 1. The summed E-state index contributed by atoms with van der Waals surface area (Å²) in [5, 5.41) is 23.7. The molecule has 1 aromatic carbocycles.